The van der Waals surface area contributed by atoms with Gasteiger partial charge < -0.3 is 20.2 Å². The number of aliphatic hydroxyl groups is 1. The molecule has 0 radical (unpaired) electrons. The number of amides is 2. The van der Waals surface area contributed by atoms with Crippen LogP contribution in [0.3, 0.4) is 0 Å². The van der Waals surface area contributed by atoms with Crippen molar-refractivity contribution in [3.8, 4) is 11.1 Å². The van der Waals surface area contributed by atoms with E-state index in [-0.39, 0.29) is 30.9 Å². The number of nitrogens with zero attached hydrogens (tertiary/aromatic N) is 2. The Morgan fingerprint density at radius 2 is 1.94 bits per heavy atom. The van der Waals surface area contributed by atoms with E-state index in [1.54, 1.807) is 4.90 Å². The summed E-state index contributed by atoms with van der Waals surface area (Å²) in [5.74, 6) is -0.282. The number of oxime groups is 1. The average molecular weight is 424 g/mol. The van der Waals surface area contributed by atoms with Gasteiger partial charge in [0.2, 0.25) is 5.91 Å². The lowest BCUT2D eigenvalue weighted by Crippen LogP contribution is -2.39. The highest BCUT2D eigenvalue weighted by molar-refractivity contribution is 6.01. The number of benzene rings is 2. The Kier molecular flexibility index (Phi) is 7.78. The largest absolute Gasteiger partial charge is 0.399 e. The first-order valence-corrected chi connectivity index (χ1v) is 10.5. The van der Waals surface area contributed by atoms with Crippen molar-refractivity contribution in [1.29, 1.82) is 0 Å². The molecular weight excluding hydrogens is 394 g/mol. The quantitative estimate of drug-likeness (QED) is 0.505. The molecule has 0 unspecified atom stereocenters. The fourth-order valence-corrected chi connectivity index (χ4v) is 3.84. The maximum absolute atomic E-state index is 13.2. The summed E-state index contributed by atoms with van der Waals surface area (Å²) in [4.78, 5) is 32.1. The van der Waals surface area contributed by atoms with Gasteiger partial charge in [-0.25, -0.2) is 0 Å². The number of aryl methyl sites for hydroxylation is 1. The molecule has 164 valence electrons. The van der Waals surface area contributed by atoms with Crippen molar-refractivity contribution in [2.24, 2.45) is 5.16 Å². The SMILES string of the molecule is CON=C1C[C@@H](CC(=O)NCCCO)N(C(=O)c2ccc(-c3ccccc3C)cc2)C1. The molecule has 0 aliphatic carbocycles. The van der Waals surface area contributed by atoms with Crippen LogP contribution in [-0.4, -0.2) is 60.4 Å². The van der Waals surface area contributed by atoms with E-state index < -0.39 is 0 Å². The Hall–Kier alpha value is -3.19. The van der Waals surface area contributed by atoms with E-state index in [9.17, 15) is 9.59 Å². The molecule has 0 bridgehead atoms. The average Bonchev–Trinajstić information content (AvgIpc) is 3.16. The zero-order chi connectivity index (χ0) is 22.2. The molecule has 0 saturated carbocycles. The number of rotatable bonds is 8. The molecule has 2 N–H and O–H groups in total. The molecular formula is C24H29N3O4. The fraction of sp³-hybridized carbons (Fsp3) is 0.375. The van der Waals surface area contributed by atoms with Crippen LogP contribution in [0.5, 0.6) is 0 Å². The van der Waals surface area contributed by atoms with Gasteiger partial charge in [0.25, 0.3) is 5.91 Å². The molecule has 0 spiro atoms. The minimum absolute atomic E-state index is 0.0253. The number of carbonyl (C=O) groups is 2. The van der Waals surface area contributed by atoms with Gasteiger partial charge in [-0.1, -0.05) is 41.6 Å². The number of hydrogen-bond acceptors (Lipinski definition) is 5. The Morgan fingerprint density at radius 3 is 2.61 bits per heavy atom. The molecule has 1 aliphatic rings. The topological polar surface area (TPSA) is 91.2 Å². The van der Waals surface area contributed by atoms with Gasteiger partial charge in [-0.3, -0.25) is 9.59 Å². The Balaban J connectivity index is 1.74. The lowest BCUT2D eigenvalue weighted by Gasteiger charge is -2.24. The zero-order valence-electron chi connectivity index (χ0n) is 18.0. The van der Waals surface area contributed by atoms with E-state index in [2.05, 4.69) is 29.5 Å². The first kappa shape index (κ1) is 22.5. The predicted molar refractivity (Wildman–Crippen MR) is 120 cm³/mol. The van der Waals surface area contributed by atoms with Gasteiger partial charge in [0.1, 0.15) is 7.11 Å². The third kappa shape index (κ3) is 5.70. The molecule has 2 aromatic rings. The third-order valence-electron chi connectivity index (χ3n) is 5.41. The van der Waals surface area contributed by atoms with E-state index in [0.29, 0.717) is 31.5 Å². The van der Waals surface area contributed by atoms with Crippen LogP contribution in [0.4, 0.5) is 0 Å². The van der Waals surface area contributed by atoms with Crippen LogP contribution in [-0.2, 0) is 9.63 Å². The highest BCUT2D eigenvalue weighted by atomic mass is 16.6. The smallest absolute Gasteiger partial charge is 0.254 e. The molecule has 31 heavy (non-hydrogen) atoms. The van der Waals surface area contributed by atoms with Crippen LogP contribution < -0.4 is 5.32 Å². The second-order valence-corrected chi connectivity index (χ2v) is 7.65. The number of hydrogen-bond donors (Lipinski definition) is 2. The first-order valence-electron chi connectivity index (χ1n) is 10.5. The summed E-state index contributed by atoms with van der Waals surface area (Å²) in [6.07, 6.45) is 1.18. The second-order valence-electron chi connectivity index (χ2n) is 7.65. The van der Waals surface area contributed by atoms with Gasteiger partial charge in [-0.2, -0.15) is 0 Å². The zero-order valence-corrected chi connectivity index (χ0v) is 18.0. The minimum atomic E-state index is -0.286. The first-order chi connectivity index (χ1) is 15.0. The van der Waals surface area contributed by atoms with E-state index in [0.717, 1.165) is 16.8 Å². The van der Waals surface area contributed by atoms with E-state index in [1.807, 2.05) is 36.4 Å². The van der Waals surface area contributed by atoms with Gasteiger partial charge in [-0.15, -0.1) is 0 Å². The van der Waals surface area contributed by atoms with Gasteiger partial charge in [0, 0.05) is 37.6 Å². The molecule has 1 atom stereocenters. The normalized spacial score (nSPS) is 17.1. The van der Waals surface area contributed by atoms with Crippen molar-refractivity contribution in [2.45, 2.75) is 32.2 Å². The van der Waals surface area contributed by atoms with Crippen LogP contribution in [0.2, 0.25) is 0 Å². The highest BCUT2D eigenvalue weighted by Gasteiger charge is 2.35. The second kappa shape index (κ2) is 10.7. The minimum Gasteiger partial charge on any atom is -0.399 e. The van der Waals surface area contributed by atoms with E-state index in [4.69, 9.17) is 9.94 Å². The number of carbonyl (C=O) groups excluding carboxylic acids is 2. The summed E-state index contributed by atoms with van der Waals surface area (Å²) in [6, 6.07) is 15.4. The molecule has 1 heterocycles. The lowest BCUT2D eigenvalue weighted by atomic mass is 9.99. The Bertz CT molecular complexity index is 940. The van der Waals surface area contributed by atoms with Crippen molar-refractivity contribution in [3.05, 3.63) is 59.7 Å². The summed E-state index contributed by atoms with van der Waals surface area (Å²) in [5, 5.41) is 15.7. The molecule has 2 amide bonds. The summed E-state index contributed by atoms with van der Waals surface area (Å²) in [7, 11) is 1.47. The van der Waals surface area contributed by atoms with Crippen LogP contribution in [0.1, 0.15) is 35.2 Å². The number of nitrogens with one attached hydrogen (secondary N) is 1. The highest BCUT2D eigenvalue weighted by Crippen LogP contribution is 2.26. The van der Waals surface area contributed by atoms with Crippen LogP contribution in [0, 0.1) is 6.92 Å². The summed E-state index contributed by atoms with van der Waals surface area (Å²) >= 11 is 0. The number of likely N-dealkylation sites (tertiary alicyclic amines) is 1. The monoisotopic (exact) mass is 423 g/mol. The van der Waals surface area contributed by atoms with Gasteiger partial charge in [0.15, 0.2) is 0 Å². The molecule has 7 nitrogen and oxygen atoms in total. The van der Waals surface area contributed by atoms with Crippen molar-refractivity contribution >= 4 is 17.5 Å². The van der Waals surface area contributed by atoms with E-state index >= 15 is 0 Å². The third-order valence-corrected chi connectivity index (χ3v) is 5.41. The summed E-state index contributed by atoms with van der Waals surface area (Å²) < 4.78 is 0. The van der Waals surface area contributed by atoms with Gasteiger partial charge in [0.05, 0.1) is 12.3 Å². The number of aliphatic hydroxyl groups excluding tert-OH is 1. The van der Waals surface area contributed by atoms with Crippen LogP contribution in [0.25, 0.3) is 11.1 Å². The molecule has 1 saturated heterocycles. The standard InChI is InChI=1S/C24H29N3O4/c1-17-6-3-4-7-22(17)18-8-10-19(11-9-18)24(30)27-16-20(26-31-2)14-21(27)15-23(29)25-12-5-13-28/h3-4,6-11,21,28H,5,12-16H2,1-2H3,(H,25,29)/t21-/m0/s1. The van der Waals surface area contributed by atoms with Crippen molar-refractivity contribution in [2.75, 3.05) is 26.8 Å². The molecule has 2 aromatic carbocycles. The van der Waals surface area contributed by atoms with Crippen LogP contribution >= 0.6 is 0 Å². The molecule has 1 fully saturated rings. The molecule has 1 aliphatic heterocycles. The van der Waals surface area contributed by atoms with Gasteiger partial charge in [-0.05, 0) is 42.2 Å². The maximum Gasteiger partial charge on any atom is 0.254 e. The molecule has 7 heteroatoms. The molecule has 3 rings (SSSR count). The summed E-state index contributed by atoms with van der Waals surface area (Å²) in [6.45, 7) is 2.83. The maximum atomic E-state index is 13.2. The van der Waals surface area contributed by atoms with Crippen LogP contribution in [0.15, 0.2) is 53.7 Å². The fourth-order valence-electron chi connectivity index (χ4n) is 3.84. The van der Waals surface area contributed by atoms with Crippen molar-refractivity contribution in [3.63, 3.8) is 0 Å². The van der Waals surface area contributed by atoms with E-state index in [1.165, 1.54) is 12.7 Å². The Labute approximate surface area is 182 Å². The Morgan fingerprint density at radius 1 is 1.19 bits per heavy atom. The van der Waals surface area contributed by atoms with Crippen molar-refractivity contribution < 1.29 is 19.5 Å². The predicted octanol–water partition coefficient (Wildman–Crippen LogP) is 2.77. The van der Waals surface area contributed by atoms with Crippen molar-refractivity contribution in [1.82, 2.24) is 10.2 Å². The lowest BCUT2D eigenvalue weighted by molar-refractivity contribution is -0.121. The molecule has 0 aromatic heterocycles. The van der Waals surface area contributed by atoms with Gasteiger partial charge >= 0.3 is 0 Å². The summed E-state index contributed by atoms with van der Waals surface area (Å²) in [5.41, 5.74) is 4.67.